The Morgan fingerprint density at radius 1 is 1.17 bits per heavy atom. The maximum absolute atomic E-state index is 13.2. The summed E-state index contributed by atoms with van der Waals surface area (Å²) in [6.45, 7) is 5.36. The van der Waals surface area contributed by atoms with Crippen LogP contribution in [-0.2, 0) is 0 Å². The van der Waals surface area contributed by atoms with E-state index in [4.69, 9.17) is 24.7 Å². The van der Waals surface area contributed by atoms with Crippen LogP contribution >= 0.6 is 0 Å². The van der Waals surface area contributed by atoms with E-state index in [1.54, 1.807) is 25.3 Å². The highest BCUT2D eigenvalue weighted by Crippen LogP contribution is 2.42. The molecule has 0 spiro atoms. The summed E-state index contributed by atoms with van der Waals surface area (Å²) >= 11 is 0. The number of nitrogen functional groups attached to an aromatic ring is 1. The summed E-state index contributed by atoms with van der Waals surface area (Å²) in [4.78, 5) is 13.2. The number of anilines is 1. The molecular formula is C23H27NO5. The number of hydrogen-bond acceptors (Lipinski definition) is 6. The molecule has 154 valence electrons. The van der Waals surface area contributed by atoms with Gasteiger partial charge < -0.3 is 24.7 Å². The Hall–Kier alpha value is -3.15. The molecule has 0 bridgehead atoms. The van der Waals surface area contributed by atoms with Crippen molar-refractivity contribution in [2.24, 2.45) is 0 Å². The molecule has 0 aromatic heterocycles. The first-order chi connectivity index (χ1) is 14.1. The molecule has 3 rings (SSSR count). The van der Waals surface area contributed by atoms with Crippen molar-refractivity contribution >= 4 is 17.5 Å². The van der Waals surface area contributed by atoms with Gasteiger partial charge in [0.25, 0.3) is 0 Å². The van der Waals surface area contributed by atoms with E-state index in [1.807, 2.05) is 32.1 Å². The topological polar surface area (TPSA) is 80.0 Å². The van der Waals surface area contributed by atoms with Crippen LogP contribution in [0.3, 0.4) is 0 Å². The molecule has 0 aliphatic carbocycles. The van der Waals surface area contributed by atoms with Crippen molar-refractivity contribution in [2.75, 3.05) is 32.7 Å². The van der Waals surface area contributed by atoms with E-state index in [2.05, 4.69) is 0 Å². The predicted molar refractivity (Wildman–Crippen MR) is 113 cm³/mol. The monoisotopic (exact) mass is 397 g/mol. The fraction of sp³-hybridized carbons (Fsp3) is 0.348. The Kier molecular flexibility index (Phi) is 6.65. The number of fused-ring (bicyclic) bond motifs is 1. The molecule has 29 heavy (non-hydrogen) atoms. The van der Waals surface area contributed by atoms with Gasteiger partial charge in [-0.25, -0.2) is 0 Å². The standard InChI is InChI=1S/C23H27NO5/c1-4-6-15(21(25)16-7-9-18(24)20(14-16)27-5-2)13-17-8-10-19-23(22(17)26-3)29-12-11-28-19/h7-10,13-14H,4-6,11-12,24H2,1-3H3. The summed E-state index contributed by atoms with van der Waals surface area (Å²) in [6, 6.07) is 8.85. The molecule has 6 nitrogen and oxygen atoms in total. The summed E-state index contributed by atoms with van der Waals surface area (Å²) in [7, 11) is 1.58. The lowest BCUT2D eigenvalue weighted by Crippen LogP contribution is -2.16. The van der Waals surface area contributed by atoms with Crippen molar-refractivity contribution in [1.29, 1.82) is 0 Å². The van der Waals surface area contributed by atoms with E-state index in [-0.39, 0.29) is 5.78 Å². The van der Waals surface area contributed by atoms with Gasteiger partial charge >= 0.3 is 0 Å². The van der Waals surface area contributed by atoms with Crippen LogP contribution in [0, 0.1) is 0 Å². The van der Waals surface area contributed by atoms with Crippen LogP contribution in [0.2, 0.25) is 0 Å². The second-order valence-electron chi connectivity index (χ2n) is 6.65. The molecular weight excluding hydrogens is 370 g/mol. The van der Waals surface area contributed by atoms with Gasteiger partial charge in [-0.05, 0) is 49.8 Å². The highest BCUT2D eigenvalue weighted by Gasteiger charge is 2.21. The maximum Gasteiger partial charge on any atom is 0.204 e. The number of hydrogen-bond donors (Lipinski definition) is 1. The fourth-order valence-corrected chi connectivity index (χ4v) is 3.28. The number of benzene rings is 2. The predicted octanol–water partition coefficient (Wildman–Crippen LogP) is 4.51. The molecule has 1 heterocycles. The number of allylic oxidation sites excluding steroid dienone is 1. The normalized spacial score (nSPS) is 13.1. The van der Waals surface area contributed by atoms with Gasteiger partial charge in [-0.15, -0.1) is 0 Å². The lowest BCUT2D eigenvalue weighted by Gasteiger charge is -2.21. The Bertz CT molecular complexity index is 920. The van der Waals surface area contributed by atoms with Crippen molar-refractivity contribution in [2.45, 2.75) is 26.7 Å². The Balaban J connectivity index is 2.01. The van der Waals surface area contributed by atoms with Gasteiger partial charge in [0.1, 0.15) is 19.0 Å². The Morgan fingerprint density at radius 2 is 1.97 bits per heavy atom. The number of ketones is 1. The Labute approximate surface area is 171 Å². The lowest BCUT2D eigenvalue weighted by molar-refractivity contribution is 0.103. The van der Waals surface area contributed by atoms with Crippen LogP contribution in [0.1, 0.15) is 42.6 Å². The number of nitrogens with two attached hydrogens (primary N) is 1. The van der Waals surface area contributed by atoms with Gasteiger partial charge in [0.2, 0.25) is 5.75 Å². The third-order valence-electron chi connectivity index (χ3n) is 4.61. The van der Waals surface area contributed by atoms with Crippen LogP contribution in [0.25, 0.3) is 6.08 Å². The molecule has 0 saturated carbocycles. The van der Waals surface area contributed by atoms with Crippen molar-refractivity contribution in [3.8, 4) is 23.0 Å². The highest BCUT2D eigenvalue weighted by atomic mass is 16.6. The van der Waals surface area contributed by atoms with E-state index >= 15 is 0 Å². The minimum absolute atomic E-state index is 0.0651. The molecule has 1 aliphatic rings. The van der Waals surface area contributed by atoms with Crippen LogP contribution in [-0.4, -0.2) is 32.7 Å². The summed E-state index contributed by atoms with van der Waals surface area (Å²) in [5.41, 5.74) is 8.44. The average Bonchev–Trinajstić information content (AvgIpc) is 2.74. The van der Waals surface area contributed by atoms with E-state index < -0.39 is 0 Å². The lowest BCUT2D eigenvalue weighted by atomic mass is 9.96. The molecule has 2 aromatic carbocycles. The minimum atomic E-state index is -0.0651. The first-order valence-electron chi connectivity index (χ1n) is 9.83. The molecule has 0 saturated heterocycles. The van der Waals surface area contributed by atoms with Gasteiger partial charge in [-0.3, -0.25) is 4.79 Å². The Morgan fingerprint density at radius 3 is 2.69 bits per heavy atom. The molecule has 0 radical (unpaired) electrons. The molecule has 0 atom stereocenters. The zero-order chi connectivity index (χ0) is 20.8. The van der Waals surface area contributed by atoms with Gasteiger partial charge in [0, 0.05) is 16.7 Å². The third kappa shape index (κ3) is 4.47. The van der Waals surface area contributed by atoms with Gasteiger partial charge in [0.05, 0.1) is 19.4 Å². The van der Waals surface area contributed by atoms with Crippen LogP contribution < -0.4 is 24.7 Å². The molecule has 1 aliphatic heterocycles. The highest BCUT2D eigenvalue weighted by molar-refractivity contribution is 6.11. The first-order valence-corrected chi connectivity index (χ1v) is 9.83. The maximum atomic E-state index is 13.2. The van der Waals surface area contributed by atoms with E-state index in [0.717, 1.165) is 12.0 Å². The molecule has 2 aromatic rings. The quantitative estimate of drug-likeness (QED) is 0.401. The summed E-state index contributed by atoms with van der Waals surface area (Å²) in [6.07, 6.45) is 3.32. The summed E-state index contributed by atoms with van der Waals surface area (Å²) < 4.78 is 22.5. The minimum Gasteiger partial charge on any atom is -0.492 e. The van der Waals surface area contributed by atoms with E-state index in [9.17, 15) is 4.79 Å². The molecule has 2 N–H and O–H groups in total. The first kappa shape index (κ1) is 20.6. The molecule has 0 unspecified atom stereocenters. The van der Waals surface area contributed by atoms with Crippen LogP contribution in [0.15, 0.2) is 35.9 Å². The van der Waals surface area contributed by atoms with E-state index in [0.29, 0.717) is 66.1 Å². The van der Waals surface area contributed by atoms with Crippen molar-refractivity contribution in [3.63, 3.8) is 0 Å². The van der Waals surface area contributed by atoms with Crippen molar-refractivity contribution in [1.82, 2.24) is 0 Å². The number of carbonyl (C=O) groups is 1. The zero-order valence-electron chi connectivity index (χ0n) is 17.1. The van der Waals surface area contributed by atoms with Crippen LogP contribution in [0.4, 0.5) is 5.69 Å². The number of carbonyl (C=O) groups excluding carboxylic acids is 1. The molecule has 0 amide bonds. The van der Waals surface area contributed by atoms with Gasteiger partial charge in [-0.2, -0.15) is 0 Å². The smallest absolute Gasteiger partial charge is 0.204 e. The van der Waals surface area contributed by atoms with Crippen molar-refractivity contribution in [3.05, 3.63) is 47.0 Å². The summed E-state index contributed by atoms with van der Waals surface area (Å²) in [5, 5.41) is 0. The third-order valence-corrected chi connectivity index (χ3v) is 4.61. The summed E-state index contributed by atoms with van der Waals surface area (Å²) in [5.74, 6) is 2.24. The largest absolute Gasteiger partial charge is 0.492 e. The van der Waals surface area contributed by atoms with E-state index in [1.165, 1.54) is 0 Å². The van der Waals surface area contributed by atoms with Crippen LogP contribution in [0.5, 0.6) is 23.0 Å². The fourth-order valence-electron chi connectivity index (χ4n) is 3.28. The zero-order valence-corrected chi connectivity index (χ0v) is 17.1. The molecule has 6 heteroatoms. The number of methoxy groups -OCH3 is 1. The number of ether oxygens (including phenoxy) is 4. The van der Waals surface area contributed by atoms with Crippen molar-refractivity contribution < 1.29 is 23.7 Å². The average molecular weight is 397 g/mol. The second kappa shape index (κ2) is 9.37. The molecule has 0 fully saturated rings. The second-order valence-corrected chi connectivity index (χ2v) is 6.65. The number of rotatable bonds is 8. The number of Topliss-reactive ketones (excluding diaryl/α,β-unsaturated/α-hetero) is 1. The van der Waals surface area contributed by atoms with Gasteiger partial charge in [-0.1, -0.05) is 13.3 Å². The van der Waals surface area contributed by atoms with Gasteiger partial charge in [0.15, 0.2) is 17.3 Å². The SMILES string of the molecule is CCCC(=Cc1ccc2c(c1OC)OCCO2)C(=O)c1ccc(N)c(OCC)c1.